The third-order valence-electron chi connectivity index (χ3n) is 6.88. The van der Waals surface area contributed by atoms with Crippen molar-refractivity contribution in [1.82, 2.24) is 20.4 Å². The minimum absolute atomic E-state index is 0. The molecule has 0 bridgehead atoms. The van der Waals surface area contributed by atoms with Crippen molar-refractivity contribution in [3.05, 3.63) is 64.0 Å². The number of hydrogen-bond donors (Lipinski definition) is 3. The van der Waals surface area contributed by atoms with Gasteiger partial charge in [0.15, 0.2) is 12.4 Å². The van der Waals surface area contributed by atoms with E-state index in [0.717, 1.165) is 18.0 Å². The maximum absolute atomic E-state index is 13.0. The van der Waals surface area contributed by atoms with Gasteiger partial charge in [-0.2, -0.15) is 4.57 Å². The van der Waals surface area contributed by atoms with Gasteiger partial charge < -0.3 is 33.0 Å². The summed E-state index contributed by atoms with van der Waals surface area (Å²) < 4.78 is 1.83. The minimum atomic E-state index is -1.17. The Hall–Kier alpha value is -2.13. The highest BCUT2D eigenvalue weighted by atomic mass is 35.5. The number of carbonyl (C=O) groups excluding carboxylic acids is 3. The van der Waals surface area contributed by atoms with Gasteiger partial charge in [0.25, 0.3) is 11.8 Å². The first-order valence-corrected chi connectivity index (χ1v) is 16.9. The van der Waals surface area contributed by atoms with Crippen LogP contribution >= 0.6 is 58.5 Å². The van der Waals surface area contributed by atoms with Crippen LogP contribution in [-0.4, -0.2) is 93.5 Å². The Bertz CT molecular complexity index is 1430. The molecule has 230 valence electrons. The Morgan fingerprint density at radius 1 is 1.12 bits per heavy atom. The van der Waals surface area contributed by atoms with E-state index < -0.39 is 23.3 Å². The summed E-state index contributed by atoms with van der Waals surface area (Å²) in [6.07, 6.45) is 3.68. The number of β-lactam (4-membered cyclic amide) rings is 1. The Labute approximate surface area is 277 Å². The fourth-order valence-electron chi connectivity index (χ4n) is 4.73. The highest BCUT2D eigenvalue weighted by Crippen LogP contribution is 2.41. The van der Waals surface area contributed by atoms with Crippen molar-refractivity contribution in [2.24, 2.45) is 0 Å². The molecule has 3 aliphatic heterocycles. The van der Waals surface area contributed by atoms with Crippen LogP contribution in [0.15, 0.2) is 63.8 Å². The molecule has 1 aromatic heterocycles. The molecular formula is C27H28Cl3N5O5S3. The molecule has 4 heterocycles. The van der Waals surface area contributed by atoms with Crippen LogP contribution < -0.4 is 27.6 Å². The summed E-state index contributed by atoms with van der Waals surface area (Å²) in [6, 6.07) is 7.97. The topological polar surface area (TPSA) is 123 Å². The summed E-state index contributed by atoms with van der Waals surface area (Å²) in [5.41, 5.74) is 0.623. The minimum Gasteiger partial charge on any atom is -1.00 e. The van der Waals surface area contributed by atoms with Crippen molar-refractivity contribution in [2.45, 2.75) is 27.8 Å². The van der Waals surface area contributed by atoms with E-state index in [-0.39, 0.29) is 42.2 Å². The predicted octanol–water partition coefficient (Wildman–Crippen LogP) is -0.660. The van der Waals surface area contributed by atoms with Crippen molar-refractivity contribution < 1.29 is 41.3 Å². The number of thioether (sulfide) groups is 3. The molecule has 43 heavy (non-hydrogen) atoms. The van der Waals surface area contributed by atoms with Gasteiger partial charge in [-0.1, -0.05) is 23.2 Å². The maximum Gasteiger partial charge on any atom is 0.352 e. The number of aromatic nitrogens is 1. The van der Waals surface area contributed by atoms with Crippen molar-refractivity contribution in [3.63, 3.8) is 0 Å². The van der Waals surface area contributed by atoms with Crippen LogP contribution in [0.2, 0.25) is 10.0 Å². The lowest BCUT2D eigenvalue weighted by Crippen LogP contribution is -3.00. The monoisotopic (exact) mass is 703 g/mol. The molecule has 2 fully saturated rings. The van der Waals surface area contributed by atoms with Gasteiger partial charge in [0.1, 0.15) is 17.1 Å². The fourth-order valence-corrected chi connectivity index (χ4v) is 8.40. The molecule has 0 spiro atoms. The number of amides is 3. The molecule has 16 heteroatoms. The molecule has 0 aliphatic carbocycles. The van der Waals surface area contributed by atoms with Crippen LogP contribution in [0.4, 0.5) is 0 Å². The van der Waals surface area contributed by atoms with Crippen LogP contribution in [0.1, 0.15) is 0 Å². The smallest absolute Gasteiger partial charge is 0.352 e. The van der Waals surface area contributed by atoms with E-state index in [4.69, 9.17) is 23.2 Å². The van der Waals surface area contributed by atoms with Crippen molar-refractivity contribution in [1.29, 1.82) is 0 Å². The highest BCUT2D eigenvalue weighted by molar-refractivity contribution is 8.01. The van der Waals surface area contributed by atoms with Crippen LogP contribution in [0, 0.1) is 0 Å². The Morgan fingerprint density at radius 3 is 2.53 bits per heavy atom. The number of carbonyl (C=O) groups is 4. The number of halogens is 3. The van der Waals surface area contributed by atoms with Gasteiger partial charge in [-0.3, -0.25) is 19.3 Å². The number of hydrogen-bond acceptors (Lipinski definition) is 8. The van der Waals surface area contributed by atoms with E-state index in [1.165, 1.54) is 40.2 Å². The number of benzene rings is 1. The molecule has 3 aliphatic rings. The van der Waals surface area contributed by atoms with Gasteiger partial charge in [0.05, 0.1) is 10.8 Å². The third-order valence-corrected chi connectivity index (χ3v) is 11.0. The van der Waals surface area contributed by atoms with E-state index in [2.05, 4.69) is 10.6 Å². The molecule has 3 N–H and O–H groups in total. The van der Waals surface area contributed by atoms with Crippen LogP contribution in [0.3, 0.4) is 0 Å². The van der Waals surface area contributed by atoms with Crippen LogP contribution in [-0.2, 0) is 25.7 Å². The summed E-state index contributed by atoms with van der Waals surface area (Å²) in [7, 11) is 0. The molecule has 0 saturated carbocycles. The number of carboxylic acid groups (broad SMARTS) is 1. The van der Waals surface area contributed by atoms with E-state index >= 15 is 0 Å². The molecule has 1 aromatic carbocycles. The predicted molar refractivity (Wildman–Crippen MR) is 164 cm³/mol. The van der Waals surface area contributed by atoms with Gasteiger partial charge >= 0.3 is 5.97 Å². The number of aliphatic carboxylic acids is 1. The van der Waals surface area contributed by atoms with Crippen molar-refractivity contribution in [2.75, 3.05) is 43.4 Å². The molecule has 2 atom stereocenters. The number of rotatable bonds is 10. The standard InChI is InChI=1S/C27H27Cl2N5O5S3.ClH/c28-17-1-2-19(29)20(11-17)41-15-21(35)31-23-25(37)34-24(27(38)39)16(14-42-26(23)34)13-40-18-3-7-32(8-4-18)12-22(36)33-9-5-30-6-10-33;/h1-4,7-8,11,23,26,30H,5-6,9-10,12-15H2,(H-,31,35,38,39);1H/t23-,26-;/m1./s1. The average molecular weight is 705 g/mol. The van der Waals surface area contributed by atoms with Crippen molar-refractivity contribution >= 4 is 82.2 Å². The summed E-state index contributed by atoms with van der Waals surface area (Å²) in [5.74, 6) is -1.04. The zero-order valence-corrected chi connectivity index (χ0v) is 27.4. The molecule has 2 saturated heterocycles. The van der Waals surface area contributed by atoms with E-state index in [0.29, 0.717) is 45.1 Å². The number of fused-ring (bicyclic) bond motifs is 1. The largest absolute Gasteiger partial charge is 1.00 e. The first kappa shape index (κ1) is 33.8. The average Bonchev–Trinajstić information content (AvgIpc) is 2.99. The Kier molecular flexibility index (Phi) is 12.0. The zero-order chi connectivity index (χ0) is 29.8. The van der Waals surface area contributed by atoms with Gasteiger partial charge in [-0.15, -0.1) is 35.3 Å². The van der Waals surface area contributed by atoms with E-state index in [1.807, 2.05) is 34.0 Å². The maximum atomic E-state index is 13.0. The quantitative estimate of drug-likeness (QED) is 0.168. The van der Waals surface area contributed by atoms with Gasteiger partial charge in [0, 0.05) is 64.6 Å². The summed E-state index contributed by atoms with van der Waals surface area (Å²) in [5, 5.41) is 16.4. The second-order valence-corrected chi connectivity index (χ2v) is 13.7. The number of carboxylic acids is 1. The van der Waals surface area contributed by atoms with Crippen LogP contribution in [0.25, 0.3) is 0 Å². The van der Waals surface area contributed by atoms with Gasteiger partial charge in [0.2, 0.25) is 12.5 Å². The molecule has 5 rings (SSSR count). The Balaban J connectivity index is 0.00000423. The third kappa shape index (κ3) is 8.13. The zero-order valence-electron chi connectivity index (χ0n) is 22.6. The van der Waals surface area contributed by atoms with E-state index in [1.54, 1.807) is 18.2 Å². The number of nitrogens with zero attached hydrogens (tertiary/aromatic N) is 3. The second kappa shape index (κ2) is 15.2. The normalized spacial score (nSPS) is 19.7. The summed E-state index contributed by atoms with van der Waals surface area (Å²) in [4.78, 5) is 55.0. The summed E-state index contributed by atoms with van der Waals surface area (Å²) in [6.45, 7) is 3.28. The molecule has 0 unspecified atom stereocenters. The molecular weight excluding hydrogens is 677 g/mol. The van der Waals surface area contributed by atoms with Crippen molar-refractivity contribution in [3.8, 4) is 0 Å². The number of piperazine rings is 1. The fraction of sp³-hybridized carbons (Fsp3) is 0.370. The van der Waals surface area contributed by atoms with Gasteiger partial charge in [-0.05, 0) is 23.8 Å². The number of nitrogens with one attached hydrogen (secondary N) is 2. The lowest BCUT2D eigenvalue weighted by Gasteiger charge is -2.49. The first-order valence-electron chi connectivity index (χ1n) is 13.1. The number of pyridine rings is 1. The van der Waals surface area contributed by atoms with Crippen LogP contribution in [0.5, 0.6) is 0 Å². The highest BCUT2D eigenvalue weighted by Gasteiger charge is 2.54. The second-order valence-electron chi connectivity index (χ2n) is 9.70. The van der Waals surface area contributed by atoms with Gasteiger partial charge in [-0.25, -0.2) is 4.79 Å². The van der Waals surface area contributed by atoms with E-state index in [9.17, 15) is 24.3 Å². The molecule has 0 radical (unpaired) electrons. The molecule has 2 aromatic rings. The Morgan fingerprint density at radius 2 is 1.84 bits per heavy atom. The molecule has 10 nitrogen and oxygen atoms in total. The first-order chi connectivity index (χ1) is 20.2. The summed E-state index contributed by atoms with van der Waals surface area (Å²) >= 11 is 16.3. The molecule has 3 amide bonds. The SMILES string of the molecule is O=C(CSc1cc(Cl)ccc1Cl)N[C@@H]1C(=O)N2C(C(=O)O)=C(CSc3cc[n+](CC(=O)N4CCNCC4)cc3)CS[C@H]12.[Cl-]. The lowest BCUT2D eigenvalue weighted by molar-refractivity contribution is -0.685. The lowest BCUT2D eigenvalue weighted by atomic mass is 10.0.